The summed E-state index contributed by atoms with van der Waals surface area (Å²) in [6.07, 6.45) is 1.66. The molecule has 1 aliphatic rings. The third-order valence-corrected chi connectivity index (χ3v) is 7.19. The fraction of sp³-hybridized carbons (Fsp3) is 0.0385. The van der Waals surface area contributed by atoms with Crippen molar-refractivity contribution in [2.45, 2.75) is 6.42 Å². The summed E-state index contributed by atoms with van der Waals surface area (Å²) in [7, 11) is 0. The summed E-state index contributed by atoms with van der Waals surface area (Å²) in [6.45, 7) is 0. The van der Waals surface area contributed by atoms with Crippen LogP contribution >= 0.6 is 38.9 Å². The van der Waals surface area contributed by atoms with Crippen LogP contribution in [0.3, 0.4) is 0 Å². The Labute approximate surface area is 212 Å². The molecule has 8 heteroatoms. The number of cyclic esters (lactones) is 1. The average molecular weight is 553 g/mol. The molecular formula is C26H15BrClNO4S. The van der Waals surface area contributed by atoms with Gasteiger partial charge < -0.3 is 9.47 Å². The number of thiophene rings is 1. The maximum Gasteiger partial charge on any atom is 0.363 e. The number of carbonyl (C=O) groups is 2. The molecule has 3 aromatic carbocycles. The molecule has 0 aliphatic carbocycles. The number of halogens is 2. The fourth-order valence-electron chi connectivity index (χ4n) is 3.45. The average Bonchev–Trinajstić information content (AvgIpc) is 3.36. The van der Waals surface area contributed by atoms with E-state index < -0.39 is 11.9 Å². The molecule has 0 saturated heterocycles. The molecule has 0 atom stereocenters. The Balaban J connectivity index is 1.45. The summed E-state index contributed by atoms with van der Waals surface area (Å²) in [4.78, 5) is 30.0. The zero-order valence-electron chi connectivity index (χ0n) is 17.5. The molecule has 5 nitrogen and oxygen atoms in total. The highest BCUT2D eigenvalue weighted by molar-refractivity contribution is 9.10. The predicted molar refractivity (Wildman–Crippen MR) is 137 cm³/mol. The van der Waals surface area contributed by atoms with Crippen molar-refractivity contribution >= 4 is 72.9 Å². The predicted octanol–water partition coefficient (Wildman–Crippen LogP) is 6.81. The van der Waals surface area contributed by atoms with Gasteiger partial charge in [0.05, 0.1) is 11.4 Å². The third kappa shape index (κ3) is 4.68. The van der Waals surface area contributed by atoms with Gasteiger partial charge in [0.15, 0.2) is 5.70 Å². The van der Waals surface area contributed by atoms with E-state index in [-0.39, 0.29) is 18.0 Å². The molecule has 168 valence electrons. The maximum absolute atomic E-state index is 12.6. The van der Waals surface area contributed by atoms with Gasteiger partial charge >= 0.3 is 11.9 Å². The van der Waals surface area contributed by atoms with Crippen molar-refractivity contribution in [2.24, 2.45) is 4.99 Å². The number of hydrogen-bond donors (Lipinski definition) is 0. The molecule has 4 aromatic rings. The Morgan fingerprint density at radius 1 is 1.09 bits per heavy atom. The number of carbonyl (C=O) groups excluding carboxylic acids is 2. The number of benzene rings is 3. The Hall–Kier alpha value is -3.26. The summed E-state index contributed by atoms with van der Waals surface area (Å²) in [6, 6.07) is 22.1. The van der Waals surface area contributed by atoms with Crippen molar-refractivity contribution in [1.82, 2.24) is 0 Å². The van der Waals surface area contributed by atoms with E-state index in [9.17, 15) is 9.59 Å². The Kier molecular flexibility index (Phi) is 6.32. The van der Waals surface area contributed by atoms with E-state index in [1.54, 1.807) is 18.2 Å². The topological polar surface area (TPSA) is 65.0 Å². The van der Waals surface area contributed by atoms with Gasteiger partial charge in [-0.1, -0.05) is 76.1 Å². The highest BCUT2D eigenvalue weighted by Gasteiger charge is 2.28. The van der Waals surface area contributed by atoms with Crippen molar-refractivity contribution < 1.29 is 19.1 Å². The van der Waals surface area contributed by atoms with E-state index >= 15 is 0 Å². The molecule has 0 saturated carbocycles. The van der Waals surface area contributed by atoms with Crippen LogP contribution in [0, 0.1) is 0 Å². The zero-order valence-corrected chi connectivity index (χ0v) is 20.6. The van der Waals surface area contributed by atoms with Gasteiger partial charge in [0, 0.05) is 20.1 Å². The number of rotatable bonds is 5. The number of fused-ring (bicyclic) bond motifs is 1. The number of aliphatic imine (C=N–C) groups is 1. The fourth-order valence-corrected chi connectivity index (χ4v) is 5.27. The molecule has 1 aromatic heterocycles. The van der Waals surface area contributed by atoms with Crippen LogP contribution < -0.4 is 4.74 Å². The van der Waals surface area contributed by atoms with Crippen LogP contribution in [-0.2, 0) is 20.7 Å². The largest absolute Gasteiger partial charge is 0.426 e. The molecule has 0 fully saturated rings. The molecule has 0 N–H and O–H groups in total. The van der Waals surface area contributed by atoms with Gasteiger partial charge in [0.1, 0.15) is 10.6 Å². The Bertz CT molecular complexity index is 1490. The molecule has 5 rings (SSSR count). The summed E-state index contributed by atoms with van der Waals surface area (Å²) < 4.78 is 12.7. The lowest BCUT2D eigenvalue weighted by atomic mass is 10.1. The molecule has 0 amide bonds. The van der Waals surface area contributed by atoms with Crippen molar-refractivity contribution in [3.05, 3.63) is 104 Å². The second kappa shape index (κ2) is 9.54. The lowest BCUT2D eigenvalue weighted by molar-refractivity contribution is -0.133. The minimum atomic E-state index is -0.606. The third-order valence-electron chi connectivity index (χ3n) is 5.03. The Morgan fingerprint density at radius 3 is 2.65 bits per heavy atom. The minimum Gasteiger partial charge on any atom is -0.426 e. The van der Waals surface area contributed by atoms with E-state index in [2.05, 4.69) is 20.9 Å². The van der Waals surface area contributed by atoms with Gasteiger partial charge in [-0.3, -0.25) is 4.79 Å². The minimum absolute atomic E-state index is 0.0852. The molecule has 0 radical (unpaired) electrons. The van der Waals surface area contributed by atoms with Gasteiger partial charge in [0.25, 0.3) is 0 Å². The molecule has 0 bridgehead atoms. The first-order chi connectivity index (χ1) is 16.5. The summed E-state index contributed by atoms with van der Waals surface area (Å²) >= 11 is 11.3. The van der Waals surface area contributed by atoms with Crippen LogP contribution in [0.5, 0.6) is 5.75 Å². The first kappa shape index (κ1) is 22.5. The molecule has 1 aliphatic heterocycles. The second-order valence-corrected chi connectivity index (χ2v) is 9.74. The lowest BCUT2D eigenvalue weighted by Gasteiger charge is -2.08. The first-order valence-electron chi connectivity index (χ1n) is 10.2. The monoisotopic (exact) mass is 551 g/mol. The quantitative estimate of drug-likeness (QED) is 0.155. The van der Waals surface area contributed by atoms with Crippen LogP contribution in [-0.4, -0.2) is 17.8 Å². The van der Waals surface area contributed by atoms with Crippen molar-refractivity contribution in [3.63, 3.8) is 0 Å². The molecule has 0 spiro atoms. The van der Waals surface area contributed by atoms with Gasteiger partial charge in [-0.05, 0) is 35.9 Å². The zero-order chi connectivity index (χ0) is 23.7. The number of esters is 2. The summed E-state index contributed by atoms with van der Waals surface area (Å²) in [5.74, 6) is -0.554. The number of ether oxygens (including phenoxy) is 2. The van der Waals surface area contributed by atoms with E-state index in [0.717, 1.165) is 20.1 Å². The van der Waals surface area contributed by atoms with Gasteiger partial charge in [-0.15, -0.1) is 11.3 Å². The molecular weight excluding hydrogens is 538 g/mol. The van der Waals surface area contributed by atoms with Crippen LogP contribution in [0.4, 0.5) is 0 Å². The highest BCUT2D eigenvalue weighted by Crippen LogP contribution is 2.37. The van der Waals surface area contributed by atoms with E-state index in [1.165, 1.54) is 17.4 Å². The Morgan fingerprint density at radius 2 is 1.85 bits per heavy atom. The summed E-state index contributed by atoms with van der Waals surface area (Å²) in [5, 5.41) is 1.37. The van der Waals surface area contributed by atoms with Crippen LogP contribution in [0.1, 0.15) is 16.0 Å². The van der Waals surface area contributed by atoms with E-state index in [0.29, 0.717) is 21.2 Å². The highest BCUT2D eigenvalue weighted by atomic mass is 79.9. The number of hydrogen-bond acceptors (Lipinski definition) is 6. The SMILES string of the molecule is O=C(Cc1ccccc1)Oc1ccc(Br)cc1/C=C1/N=C(c2sc3ccccc3c2Cl)OC1=O. The molecule has 2 heterocycles. The van der Waals surface area contributed by atoms with Gasteiger partial charge in [-0.25, -0.2) is 9.79 Å². The number of nitrogens with zero attached hydrogens (tertiary/aromatic N) is 1. The normalized spacial score (nSPS) is 14.4. The van der Waals surface area contributed by atoms with Crippen molar-refractivity contribution in [3.8, 4) is 5.75 Å². The maximum atomic E-state index is 12.6. The molecule has 34 heavy (non-hydrogen) atoms. The van der Waals surface area contributed by atoms with Gasteiger partial charge in [0.2, 0.25) is 5.90 Å². The van der Waals surface area contributed by atoms with Crippen LogP contribution in [0.25, 0.3) is 16.2 Å². The van der Waals surface area contributed by atoms with Crippen LogP contribution in [0.15, 0.2) is 88.0 Å². The van der Waals surface area contributed by atoms with Gasteiger partial charge in [-0.2, -0.15) is 0 Å². The van der Waals surface area contributed by atoms with E-state index in [1.807, 2.05) is 54.6 Å². The van der Waals surface area contributed by atoms with E-state index in [4.69, 9.17) is 21.1 Å². The molecule has 0 unspecified atom stereocenters. The standard InChI is InChI=1S/C26H15BrClNO4S/c27-17-10-11-20(32-22(30)12-15-6-2-1-3-7-15)16(13-17)14-19-26(31)33-25(29-19)24-23(28)18-8-4-5-9-21(18)34-24/h1-11,13-14H,12H2/b19-14+. The summed E-state index contributed by atoms with van der Waals surface area (Å²) in [5.41, 5.74) is 1.44. The first-order valence-corrected chi connectivity index (χ1v) is 12.2. The van der Waals surface area contributed by atoms with Crippen molar-refractivity contribution in [1.29, 1.82) is 0 Å². The second-order valence-electron chi connectivity index (χ2n) is 7.40. The smallest absolute Gasteiger partial charge is 0.363 e. The van der Waals surface area contributed by atoms with Crippen molar-refractivity contribution in [2.75, 3.05) is 0 Å². The lowest BCUT2D eigenvalue weighted by Crippen LogP contribution is -2.12. The van der Waals surface area contributed by atoms with Crippen LogP contribution in [0.2, 0.25) is 5.02 Å².